The molecule has 0 bridgehead atoms. The molecule has 0 amide bonds. The zero-order chi connectivity index (χ0) is 13.1. The van der Waals surface area contributed by atoms with Crippen LogP contribution < -0.4 is 10.5 Å². The van der Waals surface area contributed by atoms with E-state index in [1.165, 1.54) is 11.8 Å². The monoisotopic (exact) mass is 264 g/mol. The van der Waals surface area contributed by atoms with Crippen molar-refractivity contribution in [2.75, 3.05) is 6.61 Å². The van der Waals surface area contributed by atoms with Gasteiger partial charge in [0, 0.05) is 6.07 Å². The first-order chi connectivity index (χ1) is 8.60. The summed E-state index contributed by atoms with van der Waals surface area (Å²) in [6.45, 7) is 4.47. The summed E-state index contributed by atoms with van der Waals surface area (Å²) in [5.41, 5.74) is 7.26. The number of aromatic amines is 1. The number of hydrogen-bond donors (Lipinski definition) is 3. The van der Waals surface area contributed by atoms with Gasteiger partial charge in [-0.2, -0.15) is 0 Å². The SMILES string of the molecule is CCOc1ccc2nc(SC(C)C(=N)N)[nH]c2c1. The lowest BCUT2D eigenvalue weighted by molar-refractivity contribution is 0.340. The van der Waals surface area contributed by atoms with Crippen molar-refractivity contribution in [2.24, 2.45) is 5.73 Å². The van der Waals surface area contributed by atoms with Gasteiger partial charge in [-0.05, 0) is 26.0 Å². The minimum absolute atomic E-state index is 0.0862. The molecule has 1 aromatic carbocycles. The van der Waals surface area contributed by atoms with Crippen LogP contribution in [0.4, 0.5) is 0 Å². The van der Waals surface area contributed by atoms with Gasteiger partial charge >= 0.3 is 0 Å². The number of H-pyrrole nitrogens is 1. The molecule has 0 aliphatic heterocycles. The molecule has 0 spiro atoms. The summed E-state index contributed by atoms with van der Waals surface area (Å²) in [6.07, 6.45) is 0. The third kappa shape index (κ3) is 2.76. The first kappa shape index (κ1) is 12.8. The van der Waals surface area contributed by atoms with Crippen molar-refractivity contribution in [1.29, 1.82) is 5.41 Å². The Hall–Kier alpha value is -1.69. The molecule has 0 aliphatic carbocycles. The molecule has 6 heteroatoms. The summed E-state index contributed by atoms with van der Waals surface area (Å²) in [6, 6.07) is 5.74. The number of thioether (sulfide) groups is 1. The predicted molar refractivity (Wildman–Crippen MR) is 74.5 cm³/mol. The number of nitrogens with one attached hydrogen (secondary N) is 2. The Bertz CT molecular complexity index is 566. The van der Waals surface area contributed by atoms with Crippen LogP contribution in [-0.2, 0) is 0 Å². The lowest BCUT2D eigenvalue weighted by atomic mass is 10.3. The third-order valence-electron chi connectivity index (χ3n) is 2.47. The maximum absolute atomic E-state index is 7.37. The van der Waals surface area contributed by atoms with E-state index in [4.69, 9.17) is 15.9 Å². The van der Waals surface area contributed by atoms with Gasteiger partial charge in [-0.15, -0.1) is 0 Å². The van der Waals surface area contributed by atoms with E-state index in [9.17, 15) is 0 Å². The van der Waals surface area contributed by atoms with Crippen LogP contribution in [0.25, 0.3) is 11.0 Å². The minimum atomic E-state index is -0.0862. The first-order valence-electron chi connectivity index (χ1n) is 5.73. The van der Waals surface area contributed by atoms with Crippen molar-refractivity contribution < 1.29 is 4.74 Å². The molecule has 5 nitrogen and oxygen atoms in total. The van der Waals surface area contributed by atoms with Gasteiger partial charge in [0.2, 0.25) is 0 Å². The molecule has 1 aromatic heterocycles. The Morgan fingerprint density at radius 1 is 1.61 bits per heavy atom. The average molecular weight is 264 g/mol. The smallest absolute Gasteiger partial charge is 0.167 e. The van der Waals surface area contributed by atoms with E-state index < -0.39 is 0 Å². The summed E-state index contributed by atoms with van der Waals surface area (Å²) in [7, 11) is 0. The van der Waals surface area contributed by atoms with Crippen molar-refractivity contribution in [1.82, 2.24) is 9.97 Å². The maximum atomic E-state index is 7.37. The van der Waals surface area contributed by atoms with Crippen LogP contribution in [0.3, 0.4) is 0 Å². The van der Waals surface area contributed by atoms with Gasteiger partial charge in [0.25, 0.3) is 0 Å². The number of nitrogens with two attached hydrogens (primary N) is 1. The maximum Gasteiger partial charge on any atom is 0.167 e. The first-order valence-corrected chi connectivity index (χ1v) is 6.61. The predicted octanol–water partition coefficient (Wildman–Crippen LogP) is 2.38. The highest BCUT2D eigenvalue weighted by atomic mass is 32.2. The van der Waals surface area contributed by atoms with Gasteiger partial charge in [0.15, 0.2) is 5.16 Å². The third-order valence-corrected chi connectivity index (χ3v) is 3.49. The number of benzene rings is 1. The highest BCUT2D eigenvalue weighted by Crippen LogP contribution is 2.25. The molecule has 18 heavy (non-hydrogen) atoms. The highest BCUT2D eigenvalue weighted by molar-refractivity contribution is 8.00. The van der Waals surface area contributed by atoms with Gasteiger partial charge in [0.1, 0.15) is 11.6 Å². The molecule has 96 valence electrons. The number of imidazole rings is 1. The molecule has 4 N–H and O–H groups in total. The zero-order valence-electron chi connectivity index (χ0n) is 10.4. The van der Waals surface area contributed by atoms with Crippen molar-refractivity contribution in [3.8, 4) is 5.75 Å². The van der Waals surface area contributed by atoms with E-state index in [2.05, 4.69) is 9.97 Å². The van der Waals surface area contributed by atoms with E-state index in [1.54, 1.807) is 0 Å². The van der Waals surface area contributed by atoms with E-state index in [0.29, 0.717) is 6.61 Å². The van der Waals surface area contributed by atoms with Crippen LogP contribution in [0.5, 0.6) is 5.75 Å². The van der Waals surface area contributed by atoms with Crippen molar-refractivity contribution in [3.05, 3.63) is 18.2 Å². The zero-order valence-corrected chi connectivity index (χ0v) is 11.2. The van der Waals surface area contributed by atoms with Crippen LogP contribution >= 0.6 is 11.8 Å². The highest BCUT2D eigenvalue weighted by Gasteiger charge is 2.11. The van der Waals surface area contributed by atoms with Gasteiger partial charge in [-0.25, -0.2) is 4.98 Å². The second-order valence-corrected chi connectivity index (χ2v) is 5.20. The molecule has 0 fully saturated rings. The molecule has 1 atom stereocenters. The molecule has 0 radical (unpaired) electrons. The van der Waals surface area contributed by atoms with Crippen LogP contribution in [-0.4, -0.2) is 27.7 Å². The topological polar surface area (TPSA) is 87.8 Å². The second-order valence-electron chi connectivity index (χ2n) is 3.87. The van der Waals surface area contributed by atoms with Crippen LogP contribution in [0.2, 0.25) is 0 Å². The fourth-order valence-electron chi connectivity index (χ4n) is 1.51. The average Bonchev–Trinajstić information content (AvgIpc) is 2.70. The Labute approximate surface area is 110 Å². The summed E-state index contributed by atoms with van der Waals surface area (Å²) in [5.74, 6) is 0.972. The number of hydrogen-bond acceptors (Lipinski definition) is 4. The van der Waals surface area contributed by atoms with Gasteiger partial charge in [-0.1, -0.05) is 11.8 Å². The molecule has 1 heterocycles. The van der Waals surface area contributed by atoms with Crippen molar-refractivity contribution in [3.63, 3.8) is 0 Å². The fraction of sp³-hybridized carbons (Fsp3) is 0.333. The molecule has 2 rings (SSSR count). The number of nitrogens with zero attached hydrogens (tertiary/aromatic N) is 1. The second kappa shape index (κ2) is 5.30. The molecule has 0 aliphatic rings. The molecule has 0 saturated carbocycles. The summed E-state index contributed by atoms with van der Waals surface area (Å²) < 4.78 is 5.43. The van der Waals surface area contributed by atoms with Gasteiger partial charge in [0.05, 0.1) is 22.9 Å². The summed E-state index contributed by atoms with van der Waals surface area (Å²) >= 11 is 1.44. The number of aromatic nitrogens is 2. The lowest BCUT2D eigenvalue weighted by Gasteiger charge is -2.05. The lowest BCUT2D eigenvalue weighted by Crippen LogP contribution is -2.21. The minimum Gasteiger partial charge on any atom is -0.494 e. The summed E-state index contributed by atoms with van der Waals surface area (Å²) in [4.78, 5) is 7.64. The largest absolute Gasteiger partial charge is 0.494 e. The van der Waals surface area contributed by atoms with Crippen molar-refractivity contribution >= 4 is 28.6 Å². The fourth-order valence-corrected chi connectivity index (χ4v) is 2.29. The van der Waals surface area contributed by atoms with Crippen LogP contribution in [0.15, 0.2) is 23.4 Å². The standard InChI is InChI=1S/C12H16N4OS/c1-3-17-8-4-5-9-10(6-8)16-12(15-9)18-7(2)11(13)14/h4-7H,3H2,1-2H3,(H3,13,14)(H,15,16). The molecule has 1 unspecified atom stereocenters. The number of rotatable bonds is 5. The summed E-state index contributed by atoms with van der Waals surface area (Å²) in [5, 5.41) is 8.05. The Kier molecular flexibility index (Phi) is 3.76. The molecule has 0 saturated heterocycles. The van der Waals surface area contributed by atoms with Gasteiger partial charge < -0.3 is 15.5 Å². The van der Waals surface area contributed by atoms with Gasteiger partial charge in [-0.3, -0.25) is 5.41 Å². The normalized spacial score (nSPS) is 12.6. The van der Waals surface area contributed by atoms with E-state index >= 15 is 0 Å². The van der Waals surface area contributed by atoms with E-state index in [0.717, 1.165) is 21.9 Å². The number of fused-ring (bicyclic) bond motifs is 1. The molecular weight excluding hydrogens is 248 g/mol. The Morgan fingerprint density at radius 2 is 2.39 bits per heavy atom. The Morgan fingerprint density at radius 3 is 3.06 bits per heavy atom. The van der Waals surface area contributed by atoms with E-state index in [-0.39, 0.29) is 11.1 Å². The van der Waals surface area contributed by atoms with Crippen LogP contribution in [0.1, 0.15) is 13.8 Å². The number of ether oxygens (including phenoxy) is 1. The Balaban J connectivity index is 2.24. The van der Waals surface area contributed by atoms with E-state index in [1.807, 2.05) is 32.0 Å². The quantitative estimate of drug-likeness (QED) is 0.439. The van der Waals surface area contributed by atoms with Crippen molar-refractivity contribution in [2.45, 2.75) is 24.3 Å². The number of amidine groups is 1. The molecular formula is C12H16N4OS. The van der Waals surface area contributed by atoms with Crippen LogP contribution in [0, 0.1) is 5.41 Å². The molecule has 2 aromatic rings.